The molecule has 1 rings (SSSR count). The zero-order chi connectivity index (χ0) is 16.1. The summed E-state index contributed by atoms with van der Waals surface area (Å²) in [6.07, 6.45) is -3.92. The quantitative estimate of drug-likeness (QED) is 0.430. The largest absolute Gasteiger partial charge is 0.398 e. The van der Waals surface area contributed by atoms with Gasteiger partial charge in [0.05, 0.1) is 12.3 Å². The standard InChI is InChI=1S/C11H14F4N2O2S2/c12-10(13)11(14,15)7-17-21(18,19)6-5-20-9-4-2-1-3-8(9)16/h1-4,10,17H,5-7,16H2. The van der Waals surface area contributed by atoms with Gasteiger partial charge in [-0.05, 0) is 12.1 Å². The Balaban J connectivity index is 2.45. The molecule has 1 aromatic carbocycles. The molecule has 0 aliphatic rings. The smallest absolute Gasteiger partial charge is 0.320 e. The van der Waals surface area contributed by atoms with Gasteiger partial charge < -0.3 is 5.73 Å². The Kier molecular flexibility index (Phi) is 6.29. The van der Waals surface area contributed by atoms with Crippen molar-refractivity contribution in [3.8, 4) is 0 Å². The molecule has 21 heavy (non-hydrogen) atoms. The van der Waals surface area contributed by atoms with E-state index in [1.807, 2.05) is 0 Å². The first-order chi connectivity index (χ1) is 9.64. The Hall–Kier alpha value is -1.00. The van der Waals surface area contributed by atoms with Gasteiger partial charge in [-0.3, -0.25) is 0 Å². The Morgan fingerprint density at radius 2 is 1.90 bits per heavy atom. The van der Waals surface area contributed by atoms with Crippen molar-refractivity contribution in [2.75, 3.05) is 23.8 Å². The van der Waals surface area contributed by atoms with Crippen LogP contribution in [0.3, 0.4) is 0 Å². The summed E-state index contributed by atoms with van der Waals surface area (Å²) in [5, 5.41) is 0. The fraction of sp³-hybridized carbons (Fsp3) is 0.455. The normalized spacial score (nSPS) is 12.8. The highest BCUT2D eigenvalue weighted by Gasteiger charge is 2.41. The van der Waals surface area contributed by atoms with Crippen LogP contribution in [0.2, 0.25) is 0 Å². The number of anilines is 1. The monoisotopic (exact) mass is 346 g/mol. The summed E-state index contributed by atoms with van der Waals surface area (Å²) in [6.45, 7) is -1.62. The van der Waals surface area contributed by atoms with Gasteiger partial charge in [-0.15, -0.1) is 11.8 Å². The first-order valence-electron chi connectivity index (χ1n) is 5.75. The van der Waals surface area contributed by atoms with E-state index in [0.717, 1.165) is 11.8 Å². The number of hydrogen-bond donors (Lipinski definition) is 2. The Bertz CT molecular complexity index is 567. The zero-order valence-corrected chi connectivity index (χ0v) is 12.4. The number of nitrogens with one attached hydrogen (secondary N) is 1. The molecule has 0 radical (unpaired) electrons. The Labute approximate surface area is 124 Å². The van der Waals surface area contributed by atoms with Crippen LogP contribution in [-0.4, -0.2) is 38.8 Å². The second-order valence-corrected chi connectivity index (χ2v) is 7.15. The van der Waals surface area contributed by atoms with E-state index in [4.69, 9.17) is 5.73 Å². The predicted octanol–water partition coefficient (Wildman–Crippen LogP) is 2.18. The van der Waals surface area contributed by atoms with E-state index in [1.54, 1.807) is 24.3 Å². The average molecular weight is 346 g/mol. The van der Waals surface area contributed by atoms with Gasteiger partial charge in [-0.2, -0.15) is 8.78 Å². The minimum atomic E-state index is -4.38. The molecule has 0 saturated carbocycles. The molecule has 1 aromatic rings. The molecule has 0 aromatic heterocycles. The van der Waals surface area contributed by atoms with Gasteiger partial charge in [0.25, 0.3) is 0 Å². The summed E-state index contributed by atoms with van der Waals surface area (Å²) in [5.41, 5.74) is 6.12. The van der Waals surface area contributed by atoms with E-state index >= 15 is 0 Å². The van der Waals surface area contributed by atoms with Gasteiger partial charge in [-0.25, -0.2) is 21.9 Å². The highest BCUT2D eigenvalue weighted by molar-refractivity contribution is 8.00. The average Bonchev–Trinajstić information content (AvgIpc) is 2.39. The molecule has 0 amide bonds. The molecule has 0 aliphatic heterocycles. The molecule has 0 aliphatic carbocycles. The minimum absolute atomic E-state index is 0.0593. The van der Waals surface area contributed by atoms with E-state index in [0.29, 0.717) is 10.6 Å². The van der Waals surface area contributed by atoms with Crippen LogP contribution >= 0.6 is 11.8 Å². The van der Waals surface area contributed by atoms with Crippen molar-refractivity contribution in [3.63, 3.8) is 0 Å². The lowest BCUT2D eigenvalue weighted by atomic mass is 10.3. The van der Waals surface area contributed by atoms with E-state index in [-0.39, 0.29) is 5.75 Å². The van der Waals surface area contributed by atoms with E-state index in [9.17, 15) is 26.0 Å². The second kappa shape index (κ2) is 7.32. The van der Waals surface area contributed by atoms with Gasteiger partial charge in [0.15, 0.2) is 0 Å². The number of hydrogen-bond acceptors (Lipinski definition) is 4. The molecule has 0 saturated heterocycles. The van der Waals surface area contributed by atoms with Crippen LogP contribution in [0, 0.1) is 0 Å². The Morgan fingerprint density at radius 3 is 2.48 bits per heavy atom. The van der Waals surface area contributed by atoms with Crippen LogP contribution in [0.25, 0.3) is 0 Å². The molecule has 3 N–H and O–H groups in total. The summed E-state index contributed by atoms with van der Waals surface area (Å²) >= 11 is 1.13. The number of halogens is 4. The van der Waals surface area contributed by atoms with Gasteiger partial charge in [-0.1, -0.05) is 12.1 Å². The first-order valence-corrected chi connectivity index (χ1v) is 8.38. The molecule has 0 atom stereocenters. The van der Waals surface area contributed by atoms with Crippen LogP contribution in [0.4, 0.5) is 23.2 Å². The molecular formula is C11H14F4N2O2S2. The summed E-state index contributed by atoms with van der Waals surface area (Å²) in [7, 11) is -4.06. The third kappa shape index (κ3) is 6.10. The molecule has 0 heterocycles. The number of thioether (sulfide) groups is 1. The predicted molar refractivity (Wildman–Crippen MR) is 74.3 cm³/mol. The highest BCUT2D eigenvalue weighted by Crippen LogP contribution is 2.24. The van der Waals surface area contributed by atoms with Crippen molar-refractivity contribution in [3.05, 3.63) is 24.3 Å². The van der Waals surface area contributed by atoms with Crippen molar-refractivity contribution in [1.29, 1.82) is 0 Å². The number of nitrogens with two attached hydrogens (primary N) is 1. The van der Waals surface area contributed by atoms with Crippen molar-refractivity contribution >= 4 is 27.5 Å². The third-order valence-electron chi connectivity index (χ3n) is 2.38. The van der Waals surface area contributed by atoms with Crippen molar-refractivity contribution in [1.82, 2.24) is 4.72 Å². The maximum Gasteiger partial charge on any atom is 0.320 e. The number of alkyl halides is 4. The lowest BCUT2D eigenvalue weighted by Crippen LogP contribution is -2.42. The minimum Gasteiger partial charge on any atom is -0.398 e. The van der Waals surface area contributed by atoms with Gasteiger partial charge >= 0.3 is 12.3 Å². The molecular weight excluding hydrogens is 332 g/mol. The summed E-state index contributed by atoms with van der Waals surface area (Å²) < 4.78 is 73.4. The highest BCUT2D eigenvalue weighted by atomic mass is 32.2. The number of nitrogen functional groups attached to an aromatic ring is 1. The molecule has 0 bridgehead atoms. The number of rotatable bonds is 8. The third-order valence-corrected chi connectivity index (χ3v) is 5.05. The van der Waals surface area contributed by atoms with E-state index < -0.39 is 34.7 Å². The maximum absolute atomic E-state index is 12.6. The summed E-state index contributed by atoms with van der Waals surface area (Å²) in [4.78, 5) is 0.658. The lowest BCUT2D eigenvalue weighted by molar-refractivity contribution is -0.122. The van der Waals surface area contributed by atoms with E-state index in [1.165, 1.54) is 4.72 Å². The molecule has 10 heteroatoms. The summed E-state index contributed by atoms with van der Waals surface area (Å²) in [6, 6.07) is 6.75. The molecule has 0 spiro atoms. The molecule has 0 unspecified atom stereocenters. The number of benzene rings is 1. The summed E-state index contributed by atoms with van der Waals surface area (Å²) in [5.74, 6) is -4.81. The molecule has 120 valence electrons. The van der Waals surface area contributed by atoms with Crippen LogP contribution in [-0.2, 0) is 10.0 Å². The first kappa shape index (κ1) is 18.1. The van der Waals surface area contributed by atoms with Crippen LogP contribution in [0.15, 0.2) is 29.2 Å². The maximum atomic E-state index is 12.6. The van der Waals surface area contributed by atoms with Crippen LogP contribution < -0.4 is 10.5 Å². The second-order valence-electron chi connectivity index (χ2n) is 4.09. The van der Waals surface area contributed by atoms with Crippen molar-refractivity contribution in [2.24, 2.45) is 0 Å². The van der Waals surface area contributed by atoms with Crippen LogP contribution in [0.1, 0.15) is 0 Å². The van der Waals surface area contributed by atoms with Crippen LogP contribution in [0.5, 0.6) is 0 Å². The van der Waals surface area contributed by atoms with Crippen molar-refractivity contribution in [2.45, 2.75) is 17.2 Å². The van der Waals surface area contributed by atoms with Gasteiger partial charge in [0.2, 0.25) is 10.0 Å². The van der Waals surface area contributed by atoms with E-state index in [2.05, 4.69) is 0 Å². The molecule has 0 fully saturated rings. The molecule has 4 nitrogen and oxygen atoms in total. The topological polar surface area (TPSA) is 72.2 Å². The number of para-hydroxylation sites is 1. The van der Waals surface area contributed by atoms with Gasteiger partial charge in [0.1, 0.15) is 0 Å². The Morgan fingerprint density at radius 1 is 1.29 bits per heavy atom. The fourth-order valence-corrected chi connectivity index (χ4v) is 3.63. The van der Waals surface area contributed by atoms with Gasteiger partial charge in [0, 0.05) is 16.3 Å². The number of sulfonamides is 1. The zero-order valence-electron chi connectivity index (χ0n) is 10.7. The van der Waals surface area contributed by atoms with Crippen molar-refractivity contribution < 1.29 is 26.0 Å². The fourth-order valence-electron chi connectivity index (χ4n) is 1.23. The SMILES string of the molecule is Nc1ccccc1SCCS(=O)(=O)NCC(F)(F)C(F)F. The lowest BCUT2D eigenvalue weighted by Gasteiger charge is -2.15.